The molecule has 0 saturated carbocycles. The molecule has 0 aromatic heterocycles. The lowest BCUT2D eigenvalue weighted by Crippen LogP contribution is -2.46. The van der Waals surface area contributed by atoms with Gasteiger partial charge in [0.2, 0.25) is 0 Å². The maximum atomic E-state index is 11.3. The number of hydrogen-bond donors (Lipinski definition) is 1. The van der Waals surface area contributed by atoms with Crippen molar-refractivity contribution in [1.82, 2.24) is 0 Å². The highest BCUT2D eigenvalue weighted by Crippen LogP contribution is 2.36. The van der Waals surface area contributed by atoms with Gasteiger partial charge in [0.15, 0.2) is 0 Å². The molecule has 0 amide bonds. The second-order valence-corrected chi connectivity index (χ2v) is 5.10. The van der Waals surface area contributed by atoms with E-state index in [0.29, 0.717) is 6.42 Å². The molecule has 2 unspecified atom stereocenters. The van der Waals surface area contributed by atoms with Crippen LogP contribution in [0.4, 0.5) is 4.79 Å². The highest BCUT2D eigenvalue weighted by atomic mass is 16.8. The molecule has 0 heterocycles. The van der Waals surface area contributed by atoms with Gasteiger partial charge in [-0.15, -0.1) is 0 Å². The summed E-state index contributed by atoms with van der Waals surface area (Å²) in [6.07, 6.45) is 2.15. The summed E-state index contributed by atoms with van der Waals surface area (Å²) in [6.45, 7) is 4.83. The number of nitrogens with zero attached hydrogens (tertiary/aromatic N) is 1. The molecule has 116 valence electrons. The molecule has 0 bridgehead atoms. The molecule has 21 heavy (non-hydrogen) atoms. The van der Waals surface area contributed by atoms with E-state index >= 15 is 0 Å². The van der Waals surface area contributed by atoms with Crippen LogP contribution in [0.1, 0.15) is 27.2 Å². The maximum absolute atomic E-state index is 11.3. The molecule has 0 radical (unpaired) electrons. The Balaban J connectivity index is 3.24. The Morgan fingerprint density at radius 2 is 2.10 bits per heavy atom. The molecule has 1 aliphatic rings. The third-order valence-electron chi connectivity index (χ3n) is 2.86. The van der Waals surface area contributed by atoms with Crippen LogP contribution in [-0.2, 0) is 14.3 Å². The van der Waals surface area contributed by atoms with Crippen LogP contribution in [0, 0.1) is 22.0 Å². The SMILES string of the molecule is CC(=O)OC1(OC(=O)O)C=CC([N+](=O)[O-])=CC1CC(C)C. The minimum atomic E-state index is -1.87. The zero-order chi connectivity index (χ0) is 16.2. The fourth-order valence-electron chi connectivity index (χ4n) is 2.17. The van der Waals surface area contributed by atoms with Gasteiger partial charge in [-0.05, 0) is 12.3 Å². The van der Waals surface area contributed by atoms with Crippen molar-refractivity contribution in [2.75, 3.05) is 0 Å². The van der Waals surface area contributed by atoms with Crippen molar-refractivity contribution in [2.24, 2.45) is 11.8 Å². The number of allylic oxidation sites excluding steroid dienone is 1. The van der Waals surface area contributed by atoms with Gasteiger partial charge in [-0.25, -0.2) is 4.79 Å². The summed E-state index contributed by atoms with van der Waals surface area (Å²) in [4.78, 5) is 32.4. The van der Waals surface area contributed by atoms with E-state index in [1.54, 1.807) is 0 Å². The fraction of sp³-hybridized carbons (Fsp3) is 0.538. The second-order valence-electron chi connectivity index (χ2n) is 5.10. The van der Waals surface area contributed by atoms with E-state index in [2.05, 4.69) is 0 Å². The zero-order valence-corrected chi connectivity index (χ0v) is 11.9. The quantitative estimate of drug-likeness (QED) is 0.358. The van der Waals surface area contributed by atoms with Crippen LogP contribution in [0.3, 0.4) is 0 Å². The predicted octanol–water partition coefficient (Wildman–Crippen LogP) is 2.33. The van der Waals surface area contributed by atoms with Crippen LogP contribution in [0.15, 0.2) is 23.9 Å². The van der Waals surface area contributed by atoms with Gasteiger partial charge in [-0.3, -0.25) is 14.9 Å². The Labute approximate surface area is 121 Å². The summed E-state index contributed by atoms with van der Waals surface area (Å²) >= 11 is 0. The fourth-order valence-corrected chi connectivity index (χ4v) is 2.17. The third-order valence-corrected chi connectivity index (χ3v) is 2.86. The number of carbonyl (C=O) groups is 2. The van der Waals surface area contributed by atoms with E-state index in [-0.39, 0.29) is 11.6 Å². The Morgan fingerprint density at radius 3 is 2.52 bits per heavy atom. The van der Waals surface area contributed by atoms with E-state index in [0.717, 1.165) is 19.1 Å². The molecule has 0 aromatic carbocycles. The average Bonchev–Trinajstić information content (AvgIpc) is 2.29. The Bertz CT molecular complexity index is 491. The topological polar surface area (TPSA) is 116 Å². The van der Waals surface area contributed by atoms with Crippen molar-refractivity contribution < 1.29 is 29.1 Å². The molecule has 8 nitrogen and oxygen atoms in total. The lowest BCUT2D eigenvalue weighted by Gasteiger charge is -2.36. The number of carboxylic acid groups (broad SMARTS) is 1. The maximum Gasteiger partial charge on any atom is 0.509 e. The summed E-state index contributed by atoms with van der Waals surface area (Å²) in [5.41, 5.74) is -0.197. The first kappa shape index (κ1) is 16.7. The monoisotopic (exact) mass is 299 g/mol. The van der Waals surface area contributed by atoms with Gasteiger partial charge in [-0.2, -0.15) is 0 Å². The van der Waals surface area contributed by atoms with Crippen molar-refractivity contribution in [2.45, 2.75) is 33.0 Å². The van der Waals surface area contributed by atoms with Crippen molar-refractivity contribution in [1.29, 1.82) is 0 Å². The molecule has 1 aliphatic carbocycles. The van der Waals surface area contributed by atoms with Gasteiger partial charge in [0.05, 0.1) is 10.8 Å². The Hall–Kier alpha value is -2.38. The molecule has 0 saturated heterocycles. The van der Waals surface area contributed by atoms with Gasteiger partial charge >= 0.3 is 12.1 Å². The normalized spacial score (nSPS) is 24.4. The zero-order valence-electron chi connectivity index (χ0n) is 11.9. The number of ether oxygens (including phenoxy) is 2. The van der Waals surface area contributed by atoms with Crippen LogP contribution in [0.2, 0.25) is 0 Å². The standard InChI is InChI=1S/C13H17NO7/c1-8(2)6-10-7-11(14(18)19)4-5-13(10,20-9(3)15)21-12(16)17/h4-5,7-8,10H,6H2,1-3H3,(H,16,17). The van der Waals surface area contributed by atoms with Crippen molar-refractivity contribution in [3.05, 3.63) is 34.0 Å². The summed E-state index contributed by atoms with van der Waals surface area (Å²) in [6, 6.07) is 0. The molecule has 2 atom stereocenters. The molecule has 1 rings (SSSR count). The number of hydrogen-bond acceptors (Lipinski definition) is 6. The molecule has 1 N–H and O–H groups in total. The minimum absolute atomic E-state index is 0.0816. The smallest absolute Gasteiger partial charge is 0.450 e. The Morgan fingerprint density at radius 1 is 1.48 bits per heavy atom. The molecular formula is C13H17NO7. The summed E-state index contributed by atoms with van der Waals surface area (Å²) in [7, 11) is 0. The van der Waals surface area contributed by atoms with Gasteiger partial charge in [0.25, 0.3) is 11.5 Å². The third kappa shape index (κ3) is 4.30. The summed E-state index contributed by atoms with van der Waals surface area (Å²) in [5.74, 6) is -3.31. The van der Waals surface area contributed by atoms with Crippen LogP contribution in [-0.4, -0.2) is 27.9 Å². The number of nitro groups is 1. The predicted molar refractivity (Wildman–Crippen MR) is 70.8 cm³/mol. The van der Waals surface area contributed by atoms with Crippen molar-refractivity contribution in [3.63, 3.8) is 0 Å². The highest BCUT2D eigenvalue weighted by Gasteiger charge is 2.46. The molecule has 0 aromatic rings. The van der Waals surface area contributed by atoms with Crippen molar-refractivity contribution >= 4 is 12.1 Å². The van der Waals surface area contributed by atoms with E-state index in [4.69, 9.17) is 14.6 Å². The van der Waals surface area contributed by atoms with Gasteiger partial charge < -0.3 is 14.6 Å². The van der Waals surface area contributed by atoms with E-state index in [1.165, 1.54) is 6.08 Å². The largest absolute Gasteiger partial charge is 0.509 e. The van der Waals surface area contributed by atoms with E-state index in [9.17, 15) is 19.7 Å². The molecule has 0 aliphatic heterocycles. The molecule has 0 spiro atoms. The van der Waals surface area contributed by atoms with Crippen LogP contribution in [0.5, 0.6) is 0 Å². The van der Waals surface area contributed by atoms with E-state index in [1.807, 2.05) is 13.8 Å². The number of carbonyl (C=O) groups excluding carboxylic acids is 1. The molecule has 0 fully saturated rings. The molecule has 8 heteroatoms. The van der Waals surface area contributed by atoms with Gasteiger partial charge in [-0.1, -0.05) is 13.8 Å². The summed E-state index contributed by atoms with van der Waals surface area (Å²) < 4.78 is 9.79. The number of rotatable bonds is 5. The first-order chi connectivity index (χ1) is 9.66. The van der Waals surface area contributed by atoms with Crippen LogP contribution >= 0.6 is 0 Å². The minimum Gasteiger partial charge on any atom is -0.450 e. The van der Waals surface area contributed by atoms with Gasteiger partial charge in [0.1, 0.15) is 0 Å². The summed E-state index contributed by atoms with van der Waals surface area (Å²) in [5, 5.41) is 19.7. The van der Waals surface area contributed by atoms with Crippen LogP contribution in [0.25, 0.3) is 0 Å². The Kier molecular flexibility index (Phi) is 5.07. The first-order valence-electron chi connectivity index (χ1n) is 6.33. The van der Waals surface area contributed by atoms with Gasteiger partial charge in [0, 0.05) is 25.2 Å². The van der Waals surface area contributed by atoms with Crippen LogP contribution < -0.4 is 0 Å². The van der Waals surface area contributed by atoms with E-state index < -0.39 is 28.8 Å². The first-order valence-corrected chi connectivity index (χ1v) is 6.33. The highest BCUT2D eigenvalue weighted by molar-refractivity contribution is 5.67. The number of esters is 1. The average molecular weight is 299 g/mol. The van der Waals surface area contributed by atoms with Crippen molar-refractivity contribution in [3.8, 4) is 0 Å². The second kappa shape index (κ2) is 6.38. The lowest BCUT2D eigenvalue weighted by molar-refractivity contribution is -0.420. The lowest BCUT2D eigenvalue weighted by atomic mass is 9.85. The molecular weight excluding hydrogens is 282 g/mol.